The van der Waals surface area contributed by atoms with Gasteiger partial charge in [0.15, 0.2) is 5.82 Å². The zero-order valence-electron chi connectivity index (χ0n) is 15.0. The van der Waals surface area contributed by atoms with Crippen LogP contribution in [0.2, 0.25) is 0 Å². The first-order valence-electron chi connectivity index (χ1n) is 9.05. The molecule has 8 heteroatoms. The van der Waals surface area contributed by atoms with Gasteiger partial charge in [0.1, 0.15) is 22.2 Å². The minimum atomic E-state index is 0.117. The Morgan fingerprint density at radius 2 is 1.79 bits per heavy atom. The van der Waals surface area contributed by atoms with E-state index in [2.05, 4.69) is 19.2 Å². The number of nitrogens with zero attached hydrogens (tertiary/aromatic N) is 5. The predicted octanol–water partition coefficient (Wildman–Crippen LogP) is 3.78. The van der Waals surface area contributed by atoms with Gasteiger partial charge in [-0.25, -0.2) is 9.97 Å². The molecule has 0 unspecified atom stereocenters. The van der Waals surface area contributed by atoms with Crippen LogP contribution in [-0.4, -0.2) is 51.3 Å². The number of carbonyl (C=O) groups excluding carboxylic acids is 1. The van der Waals surface area contributed by atoms with Crippen molar-refractivity contribution in [3.05, 3.63) is 59.0 Å². The van der Waals surface area contributed by atoms with E-state index in [1.54, 1.807) is 6.33 Å². The van der Waals surface area contributed by atoms with E-state index in [0.29, 0.717) is 13.1 Å². The Labute approximate surface area is 170 Å². The lowest BCUT2D eigenvalue weighted by atomic mass is 10.1. The third kappa shape index (κ3) is 3.04. The largest absolute Gasteiger partial charge is 0.352 e. The summed E-state index contributed by atoms with van der Waals surface area (Å²) >= 11 is 2.93. The molecule has 0 N–H and O–H groups in total. The first kappa shape index (κ1) is 17.3. The first-order valence-corrected chi connectivity index (χ1v) is 10.7. The van der Waals surface area contributed by atoms with Gasteiger partial charge in [-0.2, -0.15) is 4.37 Å². The van der Waals surface area contributed by atoms with Gasteiger partial charge in [0.2, 0.25) is 0 Å². The molecule has 4 heterocycles. The van der Waals surface area contributed by atoms with Crippen LogP contribution in [0.4, 0.5) is 5.82 Å². The number of amides is 1. The van der Waals surface area contributed by atoms with E-state index in [0.717, 1.165) is 45.3 Å². The number of thiophene rings is 1. The highest BCUT2D eigenvalue weighted by molar-refractivity contribution is 7.14. The topological polar surface area (TPSA) is 62.2 Å². The molecular formula is C20H17N5OS2. The summed E-state index contributed by atoms with van der Waals surface area (Å²) in [6.07, 6.45) is 1.61. The van der Waals surface area contributed by atoms with Crippen LogP contribution in [0.25, 0.3) is 21.5 Å². The average Bonchev–Trinajstić information content (AvgIpc) is 3.44. The fraction of sp³-hybridized carbons (Fsp3) is 0.200. The third-order valence-electron chi connectivity index (χ3n) is 4.88. The zero-order chi connectivity index (χ0) is 18.9. The van der Waals surface area contributed by atoms with Crippen LogP contribution in [-0.2, 0) is 0 Å². The van der Waals surface area contributed by atoms with E-state index < -0.39 is 0 Å². The Balaban J connectivity index is 1.39. The molecule has 0 bridgehead atoms. The highest BCUT2D eigenvalue weighted by Crippen LogP contribution is 2.34. The predicted molar refractivity (Wildman–Crippen MR) is 113 cm³/mol. The van der Waals surface area contributed by atoms with Crippen molar-refractivity contribution < 1.29 is 4.79 Å². The zero-order valence-corrected chi connectivity index (χ0v) is 16.6. The molecule has 4 aromatic rings. The Morgan fingerprint density at radius 3 is 2.54 bits per heavy atom. The quantitative estimate of drug-likeness (QED) is 0.517. The van der Waals surface area contributed by atoms with Crippen molar-refractivity contribution in [3.8, 4) is 11.3 Å². The third-order valence-corrected chi connectivity index (χ3v) is 6.57. The highest BCUT2D eigenvalue weighted by atomic mass is 32.1. The molecule has 0 aliphatic carbocycles. The summed E-state index contributed by atoms with van der Waals surface area (Å²) in [4.78, 5) is 26.5. The lowest BCUT2D eigenvalue weighted by molar-refractivity contribution is 0.0751. The molecule has 3 aromatic heterocycles. The van der Waals surface area contributed by atoms with E-state index in [1.165, 1.54) is 22.9 Å². The number of hydrogen-bond donors (Lipinski definition) is 0. The van der Waals surface area contributed by atoms with E-state index >= 15 is 0 Å². The maximum Gasteiger partial charge on any atom is 0.264 e. The van der Waals surface area contributed by atoms with Gasteiger partial charge in [-0.15, -0.1) is 11.3 Å². The number of benzene rings is 1. The lowest BCUT2D eigenvalue weighted by Gasteiger charge is -2.35. The second-order valence-corrected chi connectivity index (χ2v) is 8.25. The summed E-state index contributed by atoms with van der Waals surface area (Å²) in [6, 6.07) is 13.9. The number of anilines is 1. The number of carbonyl (C=O) groups is 1. The minimum Gasteiger partial charge on any atom is -0.352 e. The van der Waals surface area contributed by atoms with Crippen LogP contribution >= 0.6 is 22.9 Å². The van der Waals surface area contributed by atoms with E-state index in [-0.39, 0.29) is 5.91 Å². The van der Waals surface area contributed by atoms with Crippen LogP contribution in [0.15, 0.2) is 54.2 Å². The summed E-state index contributed by atoms with van der Waals surface area (Å²) in [5.41, 5.74) is 2.85. The fourth-order valence-corrected chi connectivity index (χ4v) is 5.00. The van der Waals surface area contributed by atoms with Gasteiger partial charge >= 0.3 is 0 Å². The molecule has 1 fully saturated rings. The Kier molecular flexibility index (Phi) is 4.50. The maximum absolute atomic E-state index is 12.6. The van der Waals surface area contributed by atoms with E-state index in [1.807, 2.05) is 52.7 Å². The number of rotatable bonds is 3. The molecule has 0 atom stereocenters. The molecule has 0 spiro atoms. The average molecular weight is 408 g/mol. The summed E-state index contributed by atoms with van der Waals surface area (Å²) in [7, 11) is 0. The standard InChI is InChI=1S/C20H17N5OS2/c26-20(15-7-4-12-27-15)25-10-8-24(9-11-25)19-18-17(21-13-22-19)16(23-28-18)14-5-2-1-3-6-14/h1-7,12-13H,8-11H2. The molecule has 1 aromatic carbocycles. The van der Waals surface area contributed by atoms with Gasteiger partial charge in [0.05, 0.1) is 4.88 Å². The normalized spacial score (nSPS) is 14.6. The Morgan fingerprint density at radius 1 is 0.964 bits per heavy atom. The van der Waals surface area contributed by atoms with E-state index in [9.17, 15) is 4.79 Å². The second-order valence-electron chi connectivity index (χ2n) is 6.53. The molecule has 1 aliphatic rings. The monoisotopic (exact) mass is 407 g/mol. The van der Waals surface area contributed by atoms with Crippen molar-refractivity contribution in [2.75, 3.05) is 31.1 Å². The Bertz CT molecular complexity index is 1100. The number of hydrogen-bond acceptors (Lipinski definition) is 7. The summed E-state index contributed by atoms with van der Waals surface area (Å²) in [6.45, 7) is 2.88. The van der Waals surface area contributed by atoms with Crippen LogP contribution in [0.5, 0.6) is 0 Å². The summed E-state index contributed by atoms with van der Waals surface area (Å²) in [5, 5.41) is 1.94. The fourth-order valence-electron chi connectivity index (χ4n) is 3.44. The summed E-state index contributed by atoms with van der Waals surface area (Å²) < 4.78 is 5.65. The van der Waals surface area contributed by atoms with Crippen molar-refractivity contribution in [2.45, 2.75) is 0 Å². The van der Waals surface area contributed by atoms with Gasteiger partial charge in [0, 0.05) is 31.7 Å². The van der Waals surface area contributed by atoms with Crippen molar-refractivity contribution in [3.63, 3.8) is 0 Å². The molecule has 0 saturated carbocycles. The lowest BCUT2D eigenvalue weighted by Crippen LogP contribution is -2.48. The molecule has 1 aliphatic heterocycles. The molecule has 28 heavy (non-hydrogen) atoms. The van der Waals surface area contributed by atoms with Crippen LogP contribution < -0.4 is 4.90 Å². The maximum atomic E-state index is 12.6. The Hall–Kier alpha value is -2.84. The van der Waals surface area contributed by atoms with Gasteiger partial charge in [-0.05, 0) is 23.0 Å². The minimum absolute atomic E-state index is 0.117. The van der Waals surface area contributed by atoms with Gasteiger partial charge in [-0.3, -0.25) is 4.79 Å². The molecule has 6 nitrogen and oxygen atoms in total. The number of fused-ring (bicyclic) bond motifs is 1. The van der Waals surface area contributed by atoms with Crippen molar-refractivity contribution in [2.24, 2.45) is 0 Å². The smallest absolute Gasteiger partial charge is 0.264 e. The summed E-state index contributed by atoms with van der Waals surface area (Å²) in [5.74, 6) is 1.03. The molecule has 1 saturated heterocycles. The second kappa shape index (κ2) is 7.29. The van der Waals surface area contributed by atoms with Crippen molar-refractivity contribution >= 4 is 44.8 Å². The molecule has 0 radical (unpaired) electrons. The van der Waals surface area contributed by atoms with Gasteiger partial charge < -0.3 is 9.80 Å². The molecule has 5 rings (SSSR count). The SMILES string of the molecule is O=C(c1cccs1)N1CCN(c2ncnc3c(-c4ccccc4)nsc23)CC1. The number of piperazine rings is 1. The highest BCUT2D eigenvalue weighted by Gasteiger charge is 2.25. The van der Waals surface area contributed by atoms with Crippen LogP contribution in [0.1, 0.15) is 9.67 Å². The van der Waals surface area contributed by atoms with Gasteiger partial charge in [-0.1, -0.05) is 36.4 Å². The van der Waals surface area contributed by atoms with Gasteiger partial charge in [0.25, 0.3) is 5.91 Å². The van der Waals surface area contributed by atoms with E-state index in [4.69, 9.17) is 0 Å². The first-order chi connectivity index (χ1) is 13.8. The van der Waals surface area contributed by atoms with Crippen molar-refractivity contribution in [1.29, 1.82) is 0 Å². The molecule has 140 valence electrons. The van der Waals surface area contributed by atoms with Crippen LogP contribution in [0, 0.1) is 0 Å². The molecular weight excluding hydrogens is 390 g/mol. The van der Waals surface area contributed by atoms with Crippen LogP contribution in [0.3, 0.4) is 0 Å². The number of aromatic nitrogens is 3. The van der Waals surface area contributed by atoms with Crippen molar-refractivity contribution in [1.82, 2.24) is 19.2 Å². The molecule has 1 amide bonds.